The minimum absolute atomic E-state index is 0.829. The third kappa shape index (κ3) is 1.67. The summed E-state index contributed by atoms with van der Waals surface area (Å²) in [7, 11) is 0. The third-order valence-electron chi connectivity index (χ3n) is 4.93. The normalized spacial score (nSPS) is 19.2. The van der Waals surface area contributed by atoms with Crippen LogP contribution in [0.3, 0.4) is 0 Å². The minimum atomic E-state index is 0.829. The van der Waals surface area contributed by atoms with Gasteiger partial charge in [0.1, 0.15) is 0 Å². The first kappa shape index (κ1) is 12.4. The molecule has 0 amide bonds. The van der Waals surface area contributed by atoms with E-state index >= 15 is 0 Å². The van der Waals surface area contributed by atoms with Crippen LogP contribution in [0.2, 0.25) is 0 Å². The van der Waals surface area contributed by atoms with E-state index in [1.807, 2.05) is 0 Å². The second-order valence-corrected chi connectivity index (χ2v) is 6.06. The van der Waals surface area contributed by atoms with Crippen LogP contribution < -0.4 is 14.7 Å². The van der Waals surface area contributed by atoms with Crippen LogP contribution in [0.5, 0.6) is 0 Å². The summed E-state index contributed by atoms with van der Waals surface area (Å²) < 4.78 is 5.47. The number of morpholine rings is 1. The second kappa shape index (κ2) is 4.65. The van der Waals surface area contributed by atoms with Crippen LogP contribution in [0.1, 0.15) is 0 Å². The van der Waals surface area contributed by atoms with E-state index < -0.39 is 0 Å². The summed E-state index contributed by atoms with van der Waals surface area (Å²) in [6.07, 6.45) is 0. The first-order valence-corrected chi connectivity index (χ1v) is 8.03. The molecule has 0 atom stereocenters. The number of fused-ring (bicyclic) bond motifs is 1. The van der Waals surface area contributed by atoms with Crippen molar-refractivity contribution in [3.8, 4) is 0 Å². The number of rotatable bonds is 1. The second-order valence-electron chi connectivity index (χ2n) is 6.06. The van der Waals surface area contributed by atoms with Crippen molar-refractivity contribution in [3.63, 3.8) is 0 Å². The highest BCUT2D eigenvalue weighted by Gasteiger charge is 2.33. The molecule has 1 saturated heterocycles. The predicted molar refractivity (Wildman–Crippen MR) is 89.9 cm³/mol. The first-order chi connectivity index (χ1) is 10.9. The molecule has 1 fully saturated rings. The molecule has 4 heteroatoms. The van der Waals surface area contributed by atoms with Gasteiger partial charge in [0.05, 0.1) is 36.0 Å². The lowest BCUT2D eigenvalue weighted by atomic mass is 10.0. The Morgan fingerprint density at radius 3 is 2.05 bits per heavy atom. The maximum absolute atomic E-state index is 5.47. The lowest BCUT2D eigenvalue weighted by Gasteiger charge is -2.46. The van der Waals surface area contributed by atoms with Gasteiger partial charge in [-0.2, -0.15) is 0 Å². The zero-order valence-electron chi connectivity index (χ0n) is 12.5. The Kier molecular flexibility index (Phi) is 2.61. The van der Waals surface area contributed by atoms with Crippen molar-refractivity contribution in [2.75, 3.05) is 54.1 Å². The summed E-state index contributed by atoms with van der Waals surface area (Å²) in [5, 5.41) is 0. The molecular weight excluding hydrogens is 274 g/mol. The van der Waals surface area contributed by atoms with E-state index in [0.717, 1.165) is 39.4 Å². The van der Waals surface area contributed by atoms with Crippen LogP contribution in [0, 0.1) is 0 Å². The first-order valence-electron chi connectivity index (χ1n) is 8.03. The number of nitrogens with zero attached hydrogens (tertiary/aromatic N) is 3. The van der Waals surface area contributed by atoms with Gasteiger partial charge in [-0.25, -0.2) is 0 Å². The summed E-state index contributed by atoms with van der Waals surface area (Å²) in [5.74, 6) is 0. The maximum Gasteiger partial charge on any atom is 0.0674 e. The van der Waals surface area contributed by atoms with E-state index in [1.165, 1.54) is 28.4 Å². The van der Waals surface area contributed by atoms with Gasteiger partial charge in [-0.15, -0.1) is 0 Å². The molecule has 0 aromatic heterocycles. The summed E-state index contributed by atoms with van der Waals surface area (Å²) in [4.78, 5) is 7.34. The number of hydrogen-bond donors (Lipinski definition) is 0. The number of para-hydroxylation sites is 2. The van der Waals surface area contributed by atoms with Gasteiger partial charge in [0, 0.05) is 31.9 Å². The average Bonchev–Trinajstić information content (AvgIpc) is 2.62. The summed E-state index contributed by atoms with van der Waals surface area (Å²) >= 11 is 0. The Morgan fingerprint density at radius 2 is 1.32 bits per heavy atom. The molecule has 0 radical (unpaired) electrons. The standard InChI is InChI=1S/C18H19N3O/c1-2-4-16-15(3-1)20-7-8-21(16)18-13-14(5-6-17(18)20)19-9-11-22-12-10-19/h1-6,13H,7-12H2. The molecule has 0 N–H and O–H groups in total. The fourth-order valence-corrected chi connectivity index (χ4v) is 3.84. The van der Waals surface area contributed by atoms with Crippen LogP contribution in [0.15, 0.2) is 42.5 Å². The van der Waals surface area contributed by atoms with Gasteiger partial charge < -0.3 is 19.4 Å². The van der Waals surface area contributed by atoms with Crippen LogP contribution in [0.25, 0.3) is 0 Å². The largest absolute Gasteiger partial charge is 0.378 e. The molecule has 22 heavy (non-hydrogen) atoms. The van der Waals surface area contributed by atoms with Crippen molar-refractivity contribution in [1.82, 2.24) is 0 Å². The number of anilines is 5. The van der Waals surface area contributed by atoms with Crippen LogP contribution >= 0.6 is 0 Å². The van der Waals surface area contributed by atoms with Gasteiger partial charge in [-0.1, -0.05) is 12.1 Å². The maximum atomic E-state index is 5.47. The molecule has 4 aliphatic heterocycles. The quantitative estimate of drug-likeness (QED) is 0.804. The SMILES string of the molecule is c1ccc2c(c1)N1CCN2c2cc(N3CCOCC3)ccc21. The van der Waals surface area contributed by atoms with E-state index in [1.54, 1.807) is 0 Å². The zero-order chi connectivity index (χ0) is 14.5. The van der Waals surface area contributed by atoms with Gasteiger partial charge >= 0.3 is 0 Å². The van der Waals surface area contributed by atoms with Crippen molar-refractivity contribution < 1.29 is 4.74 Å². The fraction of sp³-hybridized carbons (Fsp3) is 0.333. The number of ether oxygens (including phenoxy) is 1. The van der Waals surface area contributed by atoms with Gasteiger partial charge in [0.15, 0.2) is 0 Å². The smallest absolute Gasteiger partial charge is 0.0674 e. The number of benzene rings is 2. The molecule has 2 aromatic carbocycles. The molecule has 0 unspecified atom stereocenters. The Balaban J connectivity index is 1.59. The molecule has 4 heterocycles. The van der Waals surface area contributed by atoms with Crippen LogP contribution in [0.4, 0.5) is 28.4 Å². The van der Waals surface area contributed by atoms with E-state index in [-0.39, 0.29) is 0 Å². The van der Waals surface area contributed by atoms with Crippen molar-refractivity contribution in [3.05, 3.63) is 42.5 Å². The van der Waals surface area contributed by atoms with E-state index in [2.05, 4.69) is 57.2 Å². The molecule has 2 bridgehead atoms. The summed E-state index contributed by atoms with van der Waals surface area (Å²) in [5.41, 5.74) is 6.66. The molecule has 4 nitrogen and oxygen atoms in total. The van der Waals surface area contributed by atoms with Crippen molar-refractivity contribution in [2.45, 2.75) is 0 Å². The predicted octanol–water partition coefficient (Wildman–Crippen LogP) is 3.13. The lowest BCUT2D eigenvalue weighted by molar-refractivity contribution is 0.122. The highest BCUT2D eigenvalue weighted by Crippen LogP contribution is 2.51. The topological polar surface area (TPSA) is 19.0 Å². The summed E-state index contributed by atoms with van der Waals surface area (Å²) in [6.45, 7) is 5.77. The average molecular weight is 293 g/mol. The Bertz CT molecular complexity index is 724. The van der Waals surface area contributed by atoms with Crippen LogP contribution in [-0.4, -0.2) is 39.4 Å². The fourth-order valence-electron chi connectivity index (χ4n) is 3.84. The number of hydrogen-bond acceptors (Lipinski definition) is 4. The lowest BCUT2D eigenvalue weighted by Crippen LogP contribution is -2.42. The van der Waals surface area contributed by atoms with Gasteiger partial charge in [0.2, 0.25) is 0 Å². The Morgan fingerprint density at radius 1 is 0.682 bits per heavy atom. The summed E-state index contributed by atoms with van der Waals surface area (Å²) in [6, 6.07) is 15.6. The van der Waals surface area contributed by atoms with Crippen molar-refractivity contribution >= 4 is 28.4 Å². The van der Waals surface area contributed by atoms with E-state index in [9.17, 15) is 0 Å². The molecule has 6 rings (SSSR count). The molecule has 112 valence electrons. The molecular formula is C18H19N3O. The Labute approximate surface area is 130 Å². The highest BCUT2D eigenvalue weighted by atomic mass is 16.5. The van der Waals surface area contributed by atoms with Crippen molar-refractivity contribution in [1.29, 1.82) is 0 Å². The van der Waals surface area contributed by atoms with E-state index in [4.69, 9.17) is 4.74 Å². The molecule has 0 spiro atoms. The van der Waals surface area contributed by atoms with Gasteiger partial charge in [-0.3, -0.25) is 0 Å². The molecule has 4 aliphatic rings. The monoisotopic (exact) mass is 293 g/mol. The van der Waals surface area contributed by atoms with Crippen LogP contribution in [-0.2, 0) is 4.74 Å². The minimum Gasteiger partial charge on any atom is -0.378 e. The van der Waals surface area contributed by atoms with Gasteiger partial charge in [-0.05, 0) is 30.3 Å². The molecule has 0 saturated carbocycles. The highest BCUT2D eigenvalue weighted by molar-refractivity contribution is 5.96. The van der Waals surface area contributed by atoms with Crippen molar-refractivity contribution in [2.24, 2.45) is 0 Å². The Hall–Kier alpha value is -2.20. The zero-order valence-corrected chi connectivity index (χ0v) is 12.5. The third-order valence-corrected chi connectivity index (χ3v) is 4.93. The molecule has 0 aliphatic carbocycles. The van der Waals surface area contributed by atoms with Gasteiger partial charge in [0.25, 0.3) is 0 Å². The van der Waals surface area contributed by atoms with E-state index in [0.29, 0.717) is 0 Å². The molecule has 2 aromatic rings.